The SMILES string of the molecule is CN(CCC(=O)O)CC(=O)NCC(c1ccccc1Cl)N1CCCC1. The van der Waals surface area contributed by atoms with E-state index in [1.807, 2.05) is 24.3 Å². The number of nitrogens with zero attached hydrogens (tertiary/aromatic N) is 2. The molecule has 0 radical (unpaired) electrons. The third-order valence-corrected chi connectivity index (χ3v) is 4.80. The molecule has 1 atom stereocenters. The number of likely N-dealkylation sites (N-methyl/N-ethyl adjacent to an activating group) is 1. The van der Waals surface area contributed by atoms with E-state index in [2.05, 4.69) is 10.2 Å². The first-order chi connectivity index (χ1) is 12.0. The molecule has 1 aromatic carbocycles. The summed E-state index contributed by atoms with van der Waals surface area (Å²) in [6.45, 7) is 3.04. The molecular formula is C18H26ClN3O3. The zero-order valence-electron chi connectivity index (χ0n) is 14.6. The van der Waals surface area contributed by atoms with Crippen molar-refractivity contribution in [2.45, 2.75) is 25.3 Å². The third-order valence-electron chi connectivity index (χ3n) is 4.46. The highest BCUT2D eigenvalue weighted by molar-refractivity contribution is 6.31. The molecule has 1 aliphatic heterocycles. The van der Waals surface area contributed by atoms with E-state index in [1.165, 1.54) is 0 Å². The fourth-order valence-electron chi connectivity index (χ4n) is 3.11. The Bertz CT molecular complexity index is 591. The van der Waals surface area contributed by atoms with E-state index in [0.717, 1.165) is 31.5 Å². The standard InChI is InChI=1S/C18H26ClN3O3/c1-21(11-8-18(24)25)13-17(23)20-12-16(22-9-4-5-10-22)14-6-2-3-7-15(14)19/h2-3,6-7,16H,4-5,8-13H2,1H3,(H,20,23)(H,24,25). The van der Waals surface area contributed by atoms with Crippen molar-refractivity contribution < 1.29 is 14.7 Å². The topological polar surface area (TPSA) is 72.9 Å². The Morgan fingerprint density at radius 3 is 2.64 bits per heavy atom. The summed E-state index contributed by atoms with van der Waals surface area (Å²) >= 11 is 6.36. The first-order valence-electron chi connectivity index (χ1n) is 8.63. The van der Waals surface area contributed by atoms with Gasteiger partial charge in [-0.15, -0.1) is 0 Å². The normalized spacial score (nSPS) is 16.1. The van der Waals surface area contributed by atoms with Gasteiger partial charge in [-0.05, 0) is 44.6 Å². The largest absolute Gasteiger partial charge is 0.481 e. The van der Waals surface area contributed by atoms with Gasteiger partial charge in [-0.3, -0.25) is 19.4 Å². The van der Waals surface area contributed by atoms with E-state index in [0.29, 0.717) is 18.1 Å². The maximum atomic E-state index is 12.2. The van der Waals surface area contributed by atoms with Gasteiger partial charge in [-0.25, -0.2) is 0 Å². The minimum absolute atomic E-state index is 0.0276. The summed E-state index contributed by atoms with van der Waals surface area (Å²) in [5.74, 6) is -0.968. The summed E-state index contributed by atoms with van der Waals surface area (Å²) in [7, 11) is 1.74. The van der Waals surface area contributed by atoms with Crippen LogP contribution < -0.4 is 5.32 Å². The van der Waals surface area contributed by atoms with Crippen molar-refractivity contribution in [3.05, 3.63) is 34.9 Å². The van der Waals surface area contributed by atoms with E-state index >= 15 is 0 Å². The number of amides is 1. The van der Waals surface area contributed by atoms with Crippen molar-refractivity contribution in [2.75, 3.05) is 39.8 Å². The van der Waals surface area contributed by atoms with Crippen LogP contribution in [-0.2, 0) is 9.59 Å². The molecule has 2 N–H and O–H groups in total. The molecule has 0 bridgehead atoms. The molecule has 1 saturated heterocycles. The summed E-state index contributed by atoms with van der Waals surface area (Å²) in [5, 5.41) is 12.4. The Morgan fingerprint density at radius 1 is 1.32 bits per heavy atom. The molecule has 0 saturated carbocycles. The van der Waals surface area contributed by atoms with Gasteiger partial charge in [0.15, 0.2) is 0 Å². The van der Waals surface area contributed by atoms with Gasteiger partial charge in [-0.2, -0.15) is 0 Å². The van der Waals surface area contributed by atoms with E-state index in [1.54, 1.807) is 11.9 Å². The van der Waals surface area contributed by atoms with Crippen molar-refractivity contribution in [1.29, 1.82) is 0 Å². The van der Waals surface area contributed by atoms with Gasteiger partial charge in [0, 0.05) is 18.1 Å². The number of halogens is 1. The molecule has 25 heavy (non-hydrogen) atoms. The Labute approximate surface area is 153 Å². The van der Waals surface area contributed by atoms with Crippen molar-refractivity contribution in [1.82, 2.24) is 15.1 Å². The maximum Gasteiger partial charge on any atom is 0.304 e. The number of carbonyl (C=O) groups is 2. The number of hydrogen-bond acceptors (Lipinski definition) is 4. The van der Waals surface area contributed by atoms with Gasteiger partial charge in [0.05, 0.1) is 19.0 Å². The molecule has 7 heteroatoms. The lowest BCUT2D eigenvalue weighted by atomic mass is 10.1. The number of rotatable bonds is 9. The van der Waals surface area contributed by atoms with Gasteiger partial charge in [-0.1, -0.05) is 29.8 Å². The second-order valence-corrected chi connectivity index (χ2v) is 6.87. The van der Waals surface area contributed by atoms with E-state index in [4.69, 9.17) is 16.7 Å². The third kappa shape index (κ3) is 6.30. The van der Waals surface area contributed by atoms with Crippen LogP contribution in [0.4, 0.5) is 0 Å². The quantitative estimate of drug-likeness (QED) is 0.698. The summed E-state index contributed by atoms with van der Waals surface area (Å²) in [6.07, 6.45) is 2.35. The van der Waals surface area contributed by atoms with Crippen LogP contribution in [0.3, 0.4) is 0 Å². The molecule has 1 aliphatic rings. The fraction of sp³-hybridized carbons (Fsp3) is 0.556. The highest BCUT2D eigenvalue weighted by Crippen LogP contribution is 2.29. The Kier molecular flexibility index (Phi) is 7.68. The summed E-state index contributed by atoms with van der Waals surface area (Å²) in [4.78, 5) is 26.8. The summed E-state index contributed by atoms with van der Waals surface area (Å²) in [6, 6.07) is 7.82. The van der Waals surface area contributed by atoms with E-state index < -0.39 is 5.97 Å². The summed E-state index contributed by atoms with van der Waals surface area (Å²) < 4.78 is 0. The van der Waals surface area contributed by atoms with Gasteiger partial charge < -0.3 is 10.4 Å². The average molecular weight is 368 g/mol. The fourth-order valence-corrected chi connectivity index (χ4v) is 3.37. The predicted octanol–water partition coefficient (Wildman–Crippen LogP) is 2.00. The van der Waals surface area contributed by atoms with Crippen molar-refractivity contribution in [3.63, 3.8) is 0 Å². The van der Waals surface area contributed by atoms with E-state index in [-0.39, 0.29) is 24.9 Å². The van der Waals surface area contributed by atoms with Crippen LogP contribution in [0.25, 0.3) is 0 Å². The molecule has 0 aliphatic carbocycles. The lowest BCUT2D eigenvalue weighted by Gasteiger charge is -2.29. The Hall–Kier alpha value is -1.63. The van der Waals surface area contributed by atoms with Crippen LogP contribution in [0.1, 0.15) is 30.9 Å². The van der Waals surface area contributed by atoms with Crippen molar-refractivity contribution in [2.24, 2.45) is 0 Å². The summed E-state index contributed by atoms with van der Waals surface area (Å²) in [5.41, 5.74) is 1.03. The number of likely N-dealkylation sites (tertiary alicyclic amines) is 1. The number of aliphatic carboxylic acids is 1. The number of nitrogens with one attached hydrogen (secondary N) is 1. The number of carboxylic acid groups (broad SMARTS) is 1. The van der Waals surface area contributed by atoms with Crippen LogP contribution >= 0.6 is 11.6 Å². The Balaban J connectivity index is 1.92. The van der Waals surface area contributed by atoms with Crippen LogP contribution in [0.2, 0.25) is 5.02 Å². The minimum atomic E-state index is -0.861. The second kappa shape index (κ2) is 9.75. The molecule has 1 aromatic rings. The van der Waals surface area contributed by atoms with Crippen molar-refractivity contribution >= 4 is 23.5 Å². The second-order valence-electron chi connectivity index (χ2n) is 6.47. The molecule has 1 heterocycles. The molecule has 1 fully saturated rings. The van der Waals surface area contributed by atoms with Crippen molar-refractivity contribution in [3.8, 4) is 0 Å². The maximum absolute atomic E-state index is 12.2. The van der Waals surface area contributed by atoms with Gasteiger partial charge in [0.2, 0.25) is 5.91 Å². The van der Waals surface area contributed by atoms with Crippen LogP contribution in [0.15, 0.2) is 24.3 Å². The average Bonchev–Trinajstić information content (AvgIpc) is 3.09. The molecule has 0 aromatic heterocycles. The zero-order chi connectivity index (χ0) is 18.2. The number of carboxylic acids is 1. The minimum Gasteiger partial charge on any atom is -0.481 e. The monoisotopic (exact) mass is 367 g/mol. The number of benzene rings is 1. The predicted molar refractivity (Wildman–Crippen MR) is 97.8 cm³/mol. The van der Waals surface area contributed by atoms with Crippen LogP contribution in [-0.4, -0.2) is 66.6 Å². The van der Waals surface area contributed by atoms with Gasteiger partial charge >= 0.3 is 5.97 Å². The number of carbonyl (C=O) groups excluding carboxylic acids is 1. The first kappa shape index (κ1) is 19.7. The highest BCUT2D eigenvalue weighted by atomic mass is 35.5. The van der Waals surface area contributed by atoms with Crippen LogP contribution in [0.5, 0.6) is 0 Å². The highest BCUT2D eigenvalue weighted by Gasteiger charge is 2.25. The number of hydrogen-bond donors (Lipinski definition) is 2. The molecule has 0 spiro atoms. The smallest absolute Gasteiger partial charge is 0.304 e. The molecule has 1 unspecified atom stereocenters. The lowest BCUT2D eigenvalue weighted by Crippen LogP contribution is -2.41. The van der Waals surface area contributed by atoms with Gasteiger partial charge in [0.1, 0.15) is 0 Å². The molecule has 138 valence electrons. The van der Waals surface area contributed by atoms with Gasteiger partial charge in [0.25, 0.3) is 0 Å². The van der Waals surface area contributed by atoms with Crippen LogP contribution in [0, 0.1) is 0 Å². The first-order valence-corrected chi connectivity index (χ1v) is 9.00. The molecule has 6 nitrogen and oxygen atoms in total. The van der Waals surface area contributed by atoms with E-state index in [9.17, 15) is 9.59 Å². The Morgan fingerprint density at radius 2 is 2.00 bits per heavy atom. The lowest BCUT2D eigenvalue weighted by molar-refractivity contribution is -0.137. The molecule has 2 rings (SSSR count). The zero-order valence-corrected chi connectivity index (χ0v) is 15.3. The molecular weight excluding hydrogens is 342 g/mol. The molecule has 1 amide bonds.